The van der Waals surface area contributed by atoms with Crippen molar-refractivity contribution in [2.75, 3.05) is 23.9 Å². The minimum absolute atomic E-state index is 0.0193. The molecular formula is C9H18N2O4S2. The predicted molar refractivity (Wildman–Crippen MR) is 70.4 cm³/mol. The Kier molecular flexibility index (Phi) is 9.33. The van der Waals surface area contributed by atoms with Gasteiger partial charge in [0, 0.05) is 18.1 Å². The number of carboxylic acid groups (broad SMARTS) is 1. The lowest BCUT2D eigenvalue weighted by Gasteiger charge is -2.15. The van der Waals surface area contributed by atoms with E-state index < -0.39 is 24.0 Å². The van der Waals surface area contributed by atoms with Crippen molar-refractivity contribution in [2.24, 2.45) is 5.73 Å². The molecule has 0 saturated heterocycles. The Hall–Kier alpha value is -0.440. The van der Waals surface area contributed by atoms with Gasteiger partial charge in [-0.05, 0) is 12.2 Å². The minimum atomic E-state index is -1.13. The molecule has 2 atom stereocenters. The molecule has 0 aliphatic rings. The van der Waals surface area contributed by atoms with Crippen molar-refractivity contribution in [3.05, 3.63) is 0 Å². The maximum absolute atomic E-state index is 11.5. The number of hydrogen-bond donors (Lipinski definition) is 5. The molecule has 17 heavy (non-hydrogen) atoms. The predicted octanol–water partition coefficient (Wildman–Crippen LogP) is -1.07. The third-order valence-corrected chi connectivity index (χ3v) is 3.42. The fourth-order valence-corrected chi connectivity index (χ4v) is 2.07. The van der Waals surface area contributed by atoms with E-state index in [9.17, 15) is 9.59 Å². The third-order valence-electron chi connectivity index (χ3n) is 1.88. The molecule has 0 radical (unpaired) electrons. The third kappa shape index (κ3) is 7.48. The first-order valence-corrected chi connectivity index (χ1v) is 6.89. The van der Waals surface area contributed by atoms with Crippen molar-refractivity contribution in [2.45, 2.75) is 18.5 Å². The Morgan fingerprint density at radius 1 is 1.47 bits per heavy atom. The highest BCUT2D eigenvalue weighted by Gasteiger charge is 2.21. The average molecular weight is 282 g/mol. The molecule has 100 valence electrons. The summed E-state index contributed by atoms with van der Waals surface area (Å²) in [5, 5.41) is 19.6. The van der Waals surface area contributed by atoms with Crippen molar-refractivity contribution in [3.63, 3.8) is 0 Å². The molecular weight excluding hydrogens is 264 g/mol. The van der Waals surface area contributed by atoms with Crippen LogP contribution in [0.4, 0.5) is 0 Å². The Labute approximate surface area is 110 Å². The average Bonchev–Trinajstić information content (AvgIpc) is 2.30. The Balaban J connectivity index is 3.91. The number of thiol groups is 1. The van der Waals surface area contributed by atoms with Crippen molar-refractivity contribution in [1.82, 2.24) is 5.32 Å². The van der Waals surface area contributed by atoms with Crippen LogP contribution in [0.1, 0.15) is 6.42 Å². The number of carbonyl (C=O) groups excluding carboxylic acids is 1. The van der Waals surface area contributed by atoms with E-state index in [-0.39, 0.29) is 12.4 Å². The molecule has 0 saturated carbocycles. The molecule has 5 N–H and O–H groups in total. The highest BCUT2D eigenvalue weighted by molar-refractivity contribution is 7.99. The highest BCUT2D eigenvalue weighted by Crippen LogP contribution is 2.04. The van der Waals surface area contributed by atoms with Gasteiger partial charge in [0.2, 0.25) is 5.91 Å². The number of amides is 1. The van der Waals surface area contributed by atoms with E-state index in [1.54, 1.807) is 0 Å². The van der Waals surface area contributed by atoms with Gasteiger partial charge in [-0.1, -0.05) is 0 Å². The second-order valence-electron chi connectivity index (χ2n) is 3.34. The lowest BCUT2D eigenvalue weighted by atomic mass is 10.3. The van der Waals surface area contributed by atoms with Gasteiger partial charge in [-0.2, -0.15) is 24.4 Å². The summed E-state index contributed by atoms with van der Waals surface area (Å²) in [5.74, 6) is -0.501. The Morgan fingerprint density at radius 3 is 2.59 bits per heavy atom. The van der Waals surface area contributed by atoms with Crippen LogP contribution in [0.3, 0.4) is 0 Å². The molecule has 6 nitrogen and oxygen atoms in total. The lowest BCUT2D eigenvalue weighted by Crippen LogP contribution is -2.50. The summed E-state index contributed by atoms with van der Waals surface area (Å²) in [5.41, 5.74) is 5.59. The fourth-order valence-electron chi connectivity index (χ4n) is 0.917. The van der Waals surface area contributed by atoms with Crippen LogP contribution in [0.5, 0.6) is 0 Å². The summed E-state index contributed by atoms with van der Waals surface area (Å²) in [7, 11) is 0. The monoisotopic (exact) mass is 282 g/mol. The lowest BCUT2D eigenvalue weighted by molar-refractivity contribution is -0.141. The molecule has 2 unspecified atom stereocenters. The van der Waals surface area contributed by atoms with E-state index >= 15 is 0 Å². The number of thioether (sulfide) groups is 1. The maximum atomic E-state index is 11.5. The number of nitrogens with two attached hydrogens (primary N) is 1. The largest absolute Gasteiger partial charge is 0.480 e. The first kappa shape index (κ1) is 16.6. The Morgan fingerprint density at radius 2 is 2.12 bits per heavy atom. The van der Waals surface area contributed by atoms with Crippen molar-refractivity contribution >= 4 is 36.3 Å². The van der Waals surface area contributed by atoms with Crippen LogP contribution < -0.4 is 11.1 Å². The number of carbonyl (C=O) groups is 2. The van der Waals surface area contributed by atoms with Crippen LogP contribution in [-0.2, 0) is 9.59 Å². The highest BCUT2D eigenvalue weighted by atomic mass is 32.2. The zero-order valence-corrected chi connectivity index (χ0v) is 11.0. The van der Waals surface area contributed by atoms with Gasteiger partial charge in [-0.15, -0.1) is 0 Å². The topological polar surface area (TPSA) is 113 Å². The quantitative estimate of drug-likeness (QED) is 0.272. The summed E-state index contributed by atoms with van der Waals surface area (Å²) in [6.07, 6.45) is 0.646. The van der Waals surface area contributed by atoms with Crippen LogP contribution in [0, 0.1) is 0 Å². The van der Waals surface area contributed by atoms with E-state index in [4.69, 9.17) is 15.9 Å². The van der Waals surface area contributed by atoms with Crippen LogP contribution in [0.25, 0.3) is 0 Å². The number of aliphatic carboxylic acids is 1. The molecule has 0 heterocycles. The number of aliphatic hydroxyl groups excluding tert-OH is 1. The van der Waals surface area contributed by atoms with Gasteiger partial charge in [0.25, 0.3) is 0 Å². The maximum Gasteiger partial charge on any atom is 0.327 e. The summed E-state index contributed by atoms with van der Waals surface area (Å²) in [6, 6.07) is -1.76. The summed E-state index contributed by atoms with van der Waals surface area (Å²) < 4.78 is 0. The standard InChI is InChI=1S/C9H18N2O4S2/c10-6(5-17-3-1-2-12)8(13)11-7(4-16)9(14)15/h6-7,12,16H,1-5,10H2,(H,11,13)(H,14,15). The normalized spacial score (nSPS) is 14.1. The van der Waals surface area contributed by atoms with Crippen LogP contribution in [-0.4, -0.2) is 58.0 Å². The van der Waals surface area contributed by atoms with Gasteiger partial charge >= 0.3 is 5.97 Å². The summed E-state index contributed by atoms with van der Waals surface area (Å²) in [4.78, 5) is 22.1. The van der Waals surface area contributed by atoms with Crippen LogP contribution in [0.2, 0.25) is 0 Å². The summed E-state index contributed by atoms with van der Waals surface area (Å²) >= 11 is 5.27. The van der Waals surface area contributed by atoms with Gasteiger partial charge in [0.1, 0.15) is 6.04 Å². The van der Waals surface area contributed by atoms with Crippen molar-refractivity contribution in [3.8, 4) is 0 Å². The van der Waals surface area contributed by atoms with Gasteiger partial charge < -0.3 is 21.3 Å². The molecule has 1 amide bonds. The molecule has 0 bridgehead atoms. The fraction of sp³-hybridized carbons (Fsp3) is 0.778. The molecule has 0 fully saturated rings. The molecule has 0 spiro atoms. The smallest absolute Gasteiger partial charge is 0.327 e. The molecule has 0 aromatic carbocycles. The molecule has 0 aliphatic carbocycles. The first-order valence-electron chi connectivity index (χ1n) is 5.11. The zero-order chi connectivity index (χ0) is 13.3. The molecule has 0 aromatic heterocycles. The zero-order valence-electron chi connectivity index (χ0n) is 9.33. The van der Waals surface area contributed by atoms with Gasteiger partial charge in [0.15, 0.2) is 0 Å². The number of rotatable bonds is 9. The summed E-state index contributed by atoms with van der Waals surface area (Å²) in [6.45, 7) is 0.106. The van der Waals surface area contributed by atoms with Gasteiger partial charge in [-0.3, -0.25) is 4.79 Å². The molecule has 0 rings (SSSR count). The van der Waals surface area contributed by atoms with E-state index in [1.807, 2.05) is 0 Å². The van der Waals surface area contributed by atoms with Gasteiger partial charge in [0.05, 0.1) is 6.04 Å². The molecule has 8 heteroatoms. The van der Waals surface area contributed by atoms with Crippen LogP contribution >= 0.6 is 24.4 Å². The molecule has 0 aromatic rings. The van der Waals surface area contributed by atoms with E-state index in [0.29, 0.717) is 17.9 Å². The van der Waals surface area contributed by atoms with E-state index in [0.717, 1.165) is 0 Å². The van der Waals surface area contributed by atoms with Crippen LogP contribution in [0.15, 0.2) is 0 Å². The first-order chi connectivity index (χ1) is 8.02. The minimum Gasteiger partial charge on any atom is -0.480 e. The number of carboxylic acids is 1. The number of hydrogen-bond acceptors (Lipinski definition) is 6. The number of nitrogens with one attached hydrogen (secondary N) is 1. The van der Waals surface area contributed by atoms with Crippen molar-refractivity contribution in [1.29, 1.82) is 0 Å². The second-order valence-corrected chi connectivity index (χ2v) is 4.86. The molecule has 0 aliphatic heterocycles. The Bertz CT molecular complexity index is 253. The van der Waals surface area contributed by atoms with Crippen molar-refractivity contribution < 1.29 is 19.8 Å². The van der Waals surface area contributed by atoms with Gasteiger partial charge in [-0.25, -0.2) is 4.79 Å². The van der Waals surface area contributed by atoms with E-state index in [2.05, 4.69) is 17.9 Å². The van der Waals surface area contributed by atoms with E-state index in [1.165, 1.54) is 11.8 Å². The second kappa shape index (κ2) is 9.58. The SMILES string of the molecule is NC(CSCCCO)C(=O)NC(CS)C(=O)O. The number of aliphatic hydroxyl groups is 1.